The normalized spacial score (nSPS) is 11.9. The van der Waals surface area contributed by atoms with Crippen molar-refractivity contribution in [3.05, 3.63) is 57.8 Å². The molecule has 5 heteroatoms. The van der Waals surface area contributed by atoms with Crippen molar-refractivity contribution in [3.63, 3.8) is 0 Å². The average Bonchev–Trinajstić information content (AvgIpc) is 3.05. The first-order chi connectivity index (χ1) is 11.1. The van der Waals surface area contributed by atoms with Gasteiger partial charge >= 0.3 is 0 Å². The fourth-order valence-electron chi connectivity index (χ4n) is 2.09. The summed E-state index contributed by atoms with van der Waals surface area (Å²) in [6, 6.07) is 13.4. The lowest BCUT2D eigenvalue weighted by molar-refractivity contribution is 0.0635. The zero-order chi connectivity index (χ0) is 16.7. The molecule has 0 unspecified atom stereocenters. The average molecular weight is 331 g/mol. The van der Waals surface area contributed by atoms with Crippen LogP contribution >= 0.6 is 11.3 Å². The number of benzene rings is 1. The molecule has 1 aromatic carbocycles. The van der Waals surface area contributed by atoms with Crippen LogP contribution in [0.25, 0.3) is 0 Å². The standard InChI is InChI=1S/C18H21NO3S/c1-13(20)16-9-10-17(23-16)18(21)19-11-6-12-22-14(2)15-7-4-3-5-8-15/h3-5,7-10,14H,6,11-12H2,1-2H3,(H,19,21)/t14-/m1/s1. The lowest BCUT2D eigenvalue weighted by Crippen LogP contribution is -2.24. The molecule has 1 heterocycles. The second-order valence-corrected chi connectivity index (χ2v) is 6.34. The highest BCUT2D eigenvalue weighted by molar-refractivity contribution is 7.15. The number of carbonyl (C=O) groups excluding carboxylic acids is 2. The number of hydrogen-bond donors (Lipinski definition) is 1. The third-order valence-corrected chi connectivity index (χ3v) is 4.61. The fourth-order valence-corrected chi connectivity index (χ4v) is 2.91. The summed E-state index contributed by atoms with van der Waals surface area (Å²) < 4.78 is 5.76. The van der Waals surface area contributed by atoms with Crippen molar-refractivity contribution >= 4 is 23.0 Å². The predicted molar refractivity (Wildman–Crippen MR) is 92.1 cm³/mol. The minimum Gasteiger partial charge on any atom is -0.374 e. The van der Waals surface area contributed by atoms with Crippen molar-refractivity contribution in [1.82, 2.24) is 5.32 Å². The highest BCUT2D eigenvalue weighted by atomic mass is 32.1. The molecule has 0 saturated carbocycles. The molecule has 1 aromatic heterocycles. The van der Waals surface area contributed by atoms with Crippen LogP contribution in [-0.4, -0.2) is 24.8 Å². The second-order valence-electron chi connectivity index (χ2n) is 5.25. The first kappa shape index (κ1) is 17.4. The summed E-state index contributed by atoms with van der Waals surface area (Å²) in [5.41, 5.74) is 1.15. The maximum Gasteiger partial charge on any atom is 0.261 e. The van der Waals surface area contributed by atoms with Gasteiger partial charge in [0.1, 0.15) is 0 Å². The van der Waals surface area contributed by atoms with Gasteiger partial charge in [0.25, 0.3) is 5.91 Å². The first-order valence-corrected chi connectivity index (χ1v) is 8.45. The van der Waals surface area contributed by atoms with E-state index in [-0.39, 0.29) is 17.8 Å². The van der Waals surface area contributed by atoms with Crippen LogP contribution in [0.3, 0.4) is 0 Å². The van der Waals surface area contributed by atoms with Gasteiger partial charge in [-0.1, -0.05) is 30.3 Å². The van der Waals surface area contributed by atoms with Crippen molar-refractivity contribution in [3.8, 4) is 0 Å². The first-order valence-electron chi connectivity index (χ1n) is 7.63. The van der Waals surface area contributed by atoms with Gasteiger partial charge in [0.2, 0.25) is 0 Å². The minimum absolute atomic E-state index is 0.0163. The van der Waals surface area contributed by atoms with E-state index < -0.39 is 0 Å². The molecular weight excluding hydrogens is 310 g/mol. The van der Waals surface area contributed by atoms with E-state index >= 15 is 0 Å². The molecule has 0 bridgehead atoms. The van der Waals surface area contributed by atoms with Gasteiger partial charge in [0.15, 0.2) is 5.78 Å². The zero-order valence-electron chi connectivity index (χ0n) is 13.4. The lowest BCUT2D eigenvalue weighted by atomic mass is 10.1. The molecule has 4 nitrogen and oxygen atoms in total. The third kappa shape index (κ3) is 5.30. The Morgan fingerprint density at radius 3 is 2.48 bits per heavy atom. The lowest BCUT2D eigenvalue weighted by Gasteiger charge is -2.13. The van der Waals surface area contributed by atoms with Crippen molar-refractivity contribution in [2.45, 2.75) is 26.4 Å². The van der Waals surface area contributed by atoms with Crippen LogP contribution in [0.15, 0.2) is 42.5 Å². The Balaban J connectivity index is 1.67. The van der Waals surface area contributed by atoms with Crippen LogP contribution in [0.2, 0.25) is 0 Å². The molecule has 0 fully saturated rings. The van der Waals surface area contributed by atoms with Crippen molar-refractivity contribution in [2.24, 2.45) is 0 Å². The Morgan fingerprint density at radius 1 is 1.13 bits per heavy atom. The number of thiophene rings is 1. The van der Waals surface area contributed by atoms with E-state index in [0.717, 1.165) is 12.0 Å². The number of hydrogen-bond acceptors (Lipinski definition) is 4. The molecule has 0 radical (unpaired) electrons. The summed E-state index contributed by atoms with van der Waals surface area (Å²) in [6.07, 6.45) is 0.788. The minimum atomic E-state index is -0.140. The molecule has 2 aromatic rings. The monoisotopic (exact) mass is 331 g/mol. The zero-order valence-corrected chi connectivity index (χ0v) is 14.2. The molecule has 1 atom stereocenters. The number of ketones is 1. The van der Waals surface area contributed by atoms with Crippen molar-refractivity contribution in [1.29, 1.82) is 0 Å². The van der Waals surface area contributed by atoms with E-state index in [2.05, 4.69) is 5.32 Å². The molecule has 0 aliphatic rings. The fraction of sp³-hybridized carbons (Fsp3) is 0.333. The number of carbonyl (C=O) groups is 2. The van der Waals surface area contributed by atoms with Gasteiger partial charge in [0.05, 0.1) is 15.9 Å². The SMILES string of the molecule is CC(=O)c1ccc(C(=O)NCCCO[C@H](C)c2ccccc2)s1. The number of rotatable bonds is 8. The summed E-state index contributed by atoms with van der Waals surface area (Å²) in [4.78, 5) is 24.3. The topological polar surface area (TPSA) is 55.4 Å². The molecular formula is C18H21NO3S. The molecule has 0 aliphatic carbocycles. The van der Waals surface area contributed by atoms with Crippen LogP contribution in [0.5, 0.6) is 0 Å². The summed E-state index contributed by atoms with van der Waals surface area (Å²) in [5, 5.41) is 2.84. The van der Waals surface area contributed by atoms with E-state index in [9.17, 15) is 9.59 Å². The van der Waals surface area contributed by atoms with Crippen LogP contribution < -0.4 is 5.32 Å². The number of Topliss-reactive ketones (excluding diaryl/α,β-unsaturated/α-hetero) is 1. The third-order valence-electron chi connectivity index (χ3n) is 3.42. The molecule has 0 aliphatic heterocycles. The van der Waals surface area contributed by atoms with E-state index in [4.69, 9.17) is 4.74 Å². The number of nitrogens with one attached hydrogen (secondary N) is 1. The second kappa shape index (κ2) is 8.60. The van der Waals surface area contributed by atoms with Crippen molar-refractivity contribution < 1.29 is 14.3 Å². The molecule has 1 N–H and O–H groups in total. The highest BCUT2D eigenvalue weighted by Crippen LogP contribution is 2.17. The Hall–Kier alpha value is -1.98. The molecule has 23 heavy (non-hydrogen) atoms. The van der Waals surface area contributed by atoms with E-state index in [0.29, 0.717) is 22.9 Å². The Morgan fingerprint density at radius 2 is 1.83 bits per heavy atom. The van der Waals surface area contributed by atoms with Gasteiger partial charge in [0, 0.05) is 13.2 Å². The molecule has 122 valence electrons. The Labute approximate surface area is 140 Å². The summed E-state index contributed by atoms with van der Waals surface area (Å²) in [5.74, 6) is -0.157. The van der Waals surface area contributed by atoms with E-state index in [1.54, 1.807) is 12.1 Å². The van der Waals surface area contributed by atoms with Crippen molar-refractivity contribution in [2.75, 3.05) is 13.2 Å². The predicted octanol–water partition coefficient (Wildman–Crippen LogP) is 3.85. The number of ether oxygens (including phenoxy) is 1. The van der Waals surface area contributed by atoms with Crippen LogP contribution in [-0.2, 0) is 4.74 Å². The van der Waals surface area contributed by atoms with E-state index in [1.165, 1.54) is 18.3 Å². The van der Waals surface area contributed by atoms with Gasteiger partial charge in [-0.05, 0) is 38.0 Å². The summed E-state index contributed by atoms with van der Waals surface area (Å²) >= 11 is 1.22. The molecule has 0 spiro atoms. The summed E-state index contributed by atoms with van der Waals surface area (Å²) in [7, 11) is 0. The Bertz CT molecular complexity index is 651. The van der Waals surface area contributed by atoms with Crippen LogP contribution in [0.4, 0.5) is 0 Å². The van der Waals surface area contributed by atoms with Gasteiger partial charge in [-0.3, -0.25) is 9.59 Å². The highest BCUT2D eigenvalue weighted by Gasteiger charge is 2.11. The maximum atomic E-state index is 11.9. The quantitative estimate of drug-likeness (QED) is 0.590. The molecule has 0 saturated heterocycles. The number of amides is 1. The molecule has 1 amide bonds. The van der Waals surface area contributed by atoms with Gasteiger partial charge in [-0.2, -0.15) is 0 Å². The maximum absolute atomic E-state index is 11.9. The molecule has 2 rings (SSSR count). The summed E-state index contributed by atoms with van der Waals surface area (Å²) in [6.45, 7) is 4.65. The Kier molecular flexibility index (Phi) is 6.50. The van der Waals surface area contributed by atoms with Gasteiger partial charge < -0.3 is 10.1 Å². The van der Waals surface area contributed by atoms with Gasteiger partial charge in [-0.25, -0.2) is 0 Å². The smallest absolute Gasteiger partial charge is 0.261 e. The van der Waals surface area contributed by atoms with Crippen LogP contribution in [0, 0.1) is 0 Å². The van der Waals surface area contributed by atoms with Gasteiger partial charge in [-0.15, -0.1) is 11.3 Å². The van der Waals surface area contributed by atoms with Crippen LogP contribution in [0.1, 0.15) is 51.3 Å². The van der Waals surface area contributed by atoms with E-state index in [1.807, 2.05) is 37.3 Å². The largest absolute Gasteiger partial charge is 0.374 e.